The largest absolute Gasteiger partial charge is 0.478 e. The maximum Gasteiger partial charge on any atom is 0.337 e. The van der Waals surface area contributed by atoms with Gasteiger partial charge >= 0.3 is 5.97 Å². The maximum atomic E-state index is 12.6. The minimum absolute atomic E-state index is 0.0440. The summed E-state index contributed by atoms with van der Waals surface area (Å²) in [5.41, 5.74) is 1.24. The lowest BCUT2D eigenvalue weighted by Crippen LogP contribution is -2.50. The fourth-order valence-electron chi connectivity index (χ4n) is 2.94. The van der Waals surface area contributed by atoms with Crippen molar-refractivity contribution in [2.24, 2.45) is 0 Å². The Bertz CT molecular complexity index is 843. The molecule has 0 saturated carbocycles. The average Bonchev–Trinajstić information content (AvgIpc) is 2.67. The molecule has 7 nitrogen and oxygen atoms in total. The van der Waals surface area contributed by atoms with Crippen LogP contribution in [0.15, 0.2) is 42.5 Å². The number of aromatic nitrogens is 1. The molecule has 0 radical (unpaired) electrons. The third kappa shape index (κ3) is 3.56. The number of amides is 2. The zero-order valence-corrected chi connectivity index (χ0v) is 14.4. The summed E-state index contributed by atoms with van der Waals surface area (Å²) in [4.78, 5) is 43.6. The van der Waals surface area contributed by atoms with Crippen LogP contribution in [0.5, 0.6) is 0 Å². The Labute approximate surface area is 150 Å². The molecule has 0 bridgehead atoms. The highest BCUT2D eigenvalue weighted by Crippen LogP contribution is 2.13. The van der Waals surface area contributed by atoms with E-state index in [0.717, 1.165) is 0 Å². The molecule has 2 heterocycles. The summed E-state index contributed by atoms with van der Waals surface area (Å²) in [6, 6.07) is 11.9. The summed E-state index contributed by atoms with van der Waals surface area (Å²) < 4.78 is 0. The summed E-state index contributed by atoms with van der Waals surface area (Å²) >= 11 is 0. The average molecular weight is 353 g/mol. The van der Waals surface area contributed by atoms with Crippen molar-refractivity contribution in [1.29, 1.82) is 0 Å². The second kappa shape index (κ2) is 7.35. The third-order valence-corrected chi connectivity index (χ3v) is 4.41. The smallest absolute Gasteiger partial charge is 0.337 e. The van der Waals surface area contributed by atoms with E-state index in [9.17, 15) is 14.4 Å². The van der Waals surface area contributed by atoms with Gasteiger partial charge in [0.05, 0.1) is 11.3 Å². The van der Waals surface area contributed by atoms with E-state index in [-0.39, 0.29) is 23.1 Å². The molecule has 2 aromatic rings. The molecule has 0 spiro atoms. The molecule has 0 unspecified atom stereocenters. The molecule has 1 saturated heterocycles. The maximum absolute atomic E-state index is 12.6. The molecule has 1 aromatic carbocycles. The molecule has 3 rings (SSSR count). The molecule has 1 aliphatic heterocycles. The van der Waals surface area contributed by atoms with Gasteiger partial charge in [-0.25, -0.2) is 9.78 Å². The van der Waals surface area contributed by atoms with Crippen LogP contribution < -0.4 is 0 Å². The first-order valence-corrected chi connectivity index (χ1v) is 8.32. The van der Waals surface area contributed by atoms with Crippen LogP contribution in [0.2, 0.25) is 0 Å². The van der Waals surface area contributed by atoms with Crippen LogP contribution in [-0.4, -0.2) is 63.9 Å². The molecule has 134 valence electrons. The van der Waals surface area contributed by atoms with Crippen LogP contribution in [0, 0.1) is 6.92 Å². The van der Waals surface area contributed by atoms with E-state index in [4.69, 9.17) is 5.11 Å². The molecule has 1 fully saturated rings. The summed E-state index contributed by atoms with van der Waals surface area (Å²) in [5.74, 6) is -1.36. The lowest BCUT2D eigenvalue weighted by molar-refractivity contribution is 0.0532. The number of pyridine rings is 1. The predicted octanol–water partition coefficient (Wildman–Crippen LogP) is 1.69. The van der Waals surface area contributed by atoms with Crippen LogP contribution in [-0.2, 0) is 0 Å². The number of hydrogen-bond donors (Lipinski definition) is 1. The van der Waals surface area contributed by atoms with Gasteiger partial charge in [-0.3, -0.25) is 9.59 Å². The highest BCUT2D eigenvalue weighted by molar-refractivity contribution is 5.96. The van der Waals surface area contributed by atoms with Crippen molar-refractivity contribution >= 4 is 17.8 Å². The highest BCUT2D eigenvalue weighted by atomic mass is 16.4. The summed E-state index contributed by atoms with van der Waals surface area (Å²) in [6.45, 7) is 3.30. The summed E-state index contributed by atoms with van der Waals surface area (Å²) in [7, 11) is 0. The van der Waals surface area contributed by atoms with Gasteiger partial charge < -0.3 is 14.9 Å². The molecular weight excluding hydrogens is 334 g/mol. The molecule has 7 heteroatoms. The number of piperazine rings is 1. The normalized spacial score (nSPS) is 14.2. The highest BCUT2D eigenvalue weighted by Gasteiger charge is 2.26. The van der Waals surface area contributed by atoms with Gasteiger partial charge in [-0.2, -0.15) is 0 Å². The van der Waals surface area contributed by atoms with Gasteiger partial charge in [0, 0.05) is 31.7 Å². The molecule has 0 aliphatic carbocycles. The fraction of sp³-hybridized carbons (Fsp3) is 0.263. The molecular formula is C19H19N3O4. The van der Waals surface area contributed by atoms with Gasteiger partial charge in [-0.1, -0.05) is 18.2 Å². The second-order valence-corrected chi connectivity index (χ2v) is 6.09. The van der Waals surface area contributed by atoms with Crippen LogP contribution in [0.1, 0.15) is 36.9 Å². The van der Waals surface area contributed by atoms with Crippen molar-refractivity contribution in [2.45, 2.75) is 6.92 Å². The minimum Gasteiger partial charge on any atom is -0.478 e. The number of hydrogen-bond acceptors (Lipinski definition) is 4. The molecule has 0 atom stereocenters. The molecule has 1 N–H and O–H groups in total. The van der Waals surface area contributed by atoms with E-state index in [1.807, 2.05) is 18.2 Å². The van der Waals surface area contributed by atoms with Crippen molar-refractivity contribution in [3.63, 3.8) is 0 Å². The Morgan fingerprint density at radius 3 is 2.00 bits per heavy atom. The topological polar surface area (TPSA) is 90.8 Å². The van der Waals surface area contributed by atoms with Gasteiger partial charge in [0.2, 0.25) is 0 Å². The Morgan fingerprint density at radius 1 is 0.885 bits per heavy atom. The van der Waals surface area contributed by atoms with E-state index in [2.05, 4.69) is 4.98 Å². The van der Waals surface area contributed by atoms with Gasteiger partial charge in [0.15, 0.2) is 0 Å². The number of aromatic carboxylic acids is 1. The van der Waals surface area contributed by atoms with Gasteiger partial charge in [0.25, 0.3) is 11.8 Å². The molecule has 1 aromatic heterocycles. The standard InChI is InChI=1S/C19H19N3O4/c1-13-15(19(25)26)7-8-16(20-13)18(24)22-11-9-21(10-12-22)17(23)14-5-3-2-4-6-14/h2-8H,9-12H2,1H3,(H,25,26). The fourth-order valence-corrected chi connectivity index (χ4v) is 2.94. The third-order valence-electron chi connectivity index (χ3n) is 4.41. The number of nitrogens with zero attached hydrogens (tertiary/aromatic N) is 3. The lowest BCUT2D eigenvalue weighted by Gasteiger charge is -2.34. The number of carboxylic acid groups (broad SMARTS) is 1. The summed E-state index contributed by atoms with van der Waals surface area (Å²) in [6.07, 6.45) is 0. The Kier molecular flexibility index (Phi) is 4.97. The number of carboxylic acids is 1. The predicted molar refractivity (Wildman–Crippen MR) is 94.2 cm³/mol. The van der Waals surface area contributed by atoms with E-state index >= 15 is 0 Å². The molecule has 26 heavy (non-hydrogen) atoms. The number of rotatable bonds is 3. The molecule has 1 aliphatic rings. The lowest BCUT2D eigenvalue weighted by atomic mass is 10.1. The van der Waals surface area contributed by atoms with Crippen LogP contribution in [0.4, 0.5) is 0 Å². The zero-order valence-electron chi connectivity index (χ0n) is 14.4. The van der Waals surface area contributed by atoms with E-state index in [1.54, 1.807) is 28.9 Å². The number of benzene rings is 1. The quantitative estimate of drug-likeness (QED) is 0.907. The first-order valence-electron chi connectivity index (χ1n) is 8.32. The second-order valence-electron chi connectivity index (χ2n) is 6.09. The van der Waals surface area contributed by atoms with Gasteiger partial charge in [0.1, 0.15) is 5.69 Å². The number of carbonyl (C=O) groups excluding carboxylic acids is 2. The van der Waals surface area contributed by atoms with E-state index in [0.29, 0.717) is 37.4 Å². The van der Waals surface area contributed by atoms with Crippen LogP contribution in [0.3, 0.4) is 0 Å². The first kappa shape index (κ1) is 17.6. The Balaban J connectivity index is 1.64. The minimum atomic E-state index is -1.07. The van der Waals surface area contributed by atoms with Gasteiger partial charge in [-0.05, 0) is 31.2 Å². The van der Waals surface area contributed by atoms with Crippen molar-refractivity contribution in [1.82, 2.24) is 14.8 Å². The van der Waals surface area contributed by atoms with Crippen molar-refractivity contribution in [3.8, 4) is 0 Å². The Morgan fingerprint density at radius 2 is 1.46 bits per heavy atom. The molecule has 2 amide bonds. The monoisotopic (exact) mass is 353 g/mol. The number of aryl methyl sites for hydroxylation is 1. The van der Waals surface area contributed by atoms with E-state index < -0.39 is 5.97 Å². The van der Waals surface area contributed by atoms with E-state index in [1.165, 1.54) is 12.1 Å². The van der Waals surface area contributed by atoms with Gasteiger partial charge in [-0.15, -0.1) is 0 Å². The van der Waals surface area contributed by atoms with Crippen LogP contribution in [0.25, 0.3) is 0 Å². The van der Waals surface area contributed by atoms with Crippen molar-refractivity contribution in [3.05, 3.63) is 65.0 Å². The SMILES string of the molecule is Cc1nc(C(=O)N2CCN(C(=O)c3ccccc3)CC2)ccc1C(=O)O. The summed E-state index contributed by atoms with van der Waals surface area (Å²) in [5, 5.41) is 9.05. The first-order chi connectivity index (χ1) is 12.5. The number of carbonyl (C=O) groups is 3. The van der Waals surface area contributed by atoms with Crippen molar-refractivity contribution in [2.75, 3.05) is 26.2 Å². The zero-order chi connectivity index (χ0) is 18.7. The van der Waals surface area contributed by atoms with Crippen molar-refractivity contribution < 1.29 is 19.5 Å². The Hall–Kier alpha value is -3.22. The van der Waals surface area contributed by atoms with Crippen LogP contribution >= 0.6 is 0 Å².